The van der Waals surface area contributed by atoms with Crippen LogP contribution in [0, 0.1) is 6.92 Å². The van der Waals surface area contributed by atoms with E-state index in [0.29, 0.717) is 0 Å². The van der Waals surface area contributed by atoms with E-state index in [-0.39, 0.29) is 0 Å². The second kappa shape index (κ2) is 8.17. The van der Waals surface area contributed by atoms with Gasteiger partial charge in [0.15, 0.2) is 8.32 Å². The van der Waals surface area contributed by atoms with Crippen molar-refractivity contribution in [1.29, 1.82) is 0 Å². The summed E-state index contributed by atoms with van der Waals surface area (Å²) in [6.07, 6.45) is 0.919. The van der Waals surface area contributed by atoms with Crippen LogP contribution in [0.4, 0.5) is 0 Å². The lowest BCUT2D eigenvalue weighted by Crippen LogP contribution is -2.72. The van der Waals surface area contributed by atoms with Crippen molar-refractivity contribution in [2.75, 3.05) is 0 Å². The van der Waals surface area contributed by atoms with Gasteiger partial charge in [0.05, 0.1) is 0 Å². The summed E-state index contributed by atoms with van der Waals surface area (Å²) >= 11 is 0. The van der Waals surface area contributed by atoms with Crippen LogP contribution in [-0.2, 0) is 4.12 Å². The molecule has 133 valence electrons. The maximum atomic E-state index is 7.26. The second-order valence-electron chi connectivity index (χ2n) is 7.24. The van der Waals surface area contributed by atoms with Crippen molar-refractivity contribution in [3.05, 3.63) is 97.9 Å². The van der Waals surface area contributed by atoms with Crippen molar-refractivity contribution >= 4 is 32.2 Å². The summed E-state index contributed by atoms with van der Waals surface area (Å²) in [5.41, 5.74) is 0. The third-order valence-electron chi connectivity index (χ3n) is 4.75. The first-order valence-corrected chi connectivity index (χ1v) is 14.3. The van der Waals surface area contributed by atoms with Gasteiger partial charge in [0, 0.05) is 0 Å². The molecule has 1 nitrogen and oxygen atoms in total. The van der Waals surface area contributed by atoms with E-state index < -0.39 is 16.6 Å². The highest BCUT2D eigenvalue weighted by Crippen LogP contribution is 2.20. The number of hydrogen-bond donors (Lipinski definition) is 0. The Kier molecular flexibility index (Phi) is 5.92. The summed E-state index contributed by atoms with van der Waals surface area (Å²) in [5, 5.41) is 3.92. The van der Waals surface area contributed by atoms with E-state index in [4.69, 9.17) is 4.12 Å². The molecule has 0 aliphatic heterocycles. The van der Waals surface area contributed by atoms with Gasteiger partial charge in [-0.1, -0.05) is 104 Å². The van der Waals surface area contributed by atoms with E-state index in [2.05, 4.69) is 111 Å². The summed E-state index contributed by atoms with van der Waals surface area (Å²) in [7, 11) is -4.45. The minimum absolute atomic E-state index is 0.919. The van der Waals surface area contributed by atoms with E-state index in [9.17, 15) is 0 Å². The Morgan fingerprint density at radius 1 is 0.654 bits per heavy atom. The van der Waals surface area contributed by atoms with Gasteiger partial charge < -0.3 is 4.12 Å². The second-order valence-corrected chi connectivity index (χ2v) is 15.2. The molecule has 3 aromatic rings. The van der Waals surface area contributed by atoms with Gasteiger partial charge in [0.1, 0.15) is 0 Å². The van der Waals surface area contributed by atoms with Crippen molar-refractivity contribution < 1.29 is 4.12 Å². The maximum Gasteiger partial charge on any atom is 0.278 e. The summed E-state index contributed by atoms with van der Waals surface area (Å²) in [5.74, 6) is 0. The Balaban J connectivity index is 2.28. The molecule has 3 heteroatoms. The minimum Gasteiger partial charge on any atom is -0.446 e. The molecule has 0 aliphatic carbocycles. The van der Waals surface area contributed by atoms with Crippen LogP contribution in [0.1, 0.15) is 6.42 Å². The Bertz CT molecular complexity index is 705. The zero-order valence-corrected chi connectivity index (χ0v) is 17.7. The summed E-state index contributed by atoms with van der Waals surface area (Å²) in [4.78, 5) is 0. The topological polar surface area (TPSA) is 9.23 Å². The summed E-state index contributed by atoms with van der Waals surface area (Å²) in [6, 6.07) is 33.5. The van der Waals surface area contributed by atoms with Gasteiger partial charge in [-0.25, -0.2) is 0 Å². The van der Waals surface area contributed by atoms with Crippen LogP contribution in [0.2, 0.25) is 19.1 Å². The predicted octanol–water partition coefficient (Wildman–Crippen LogP) is 4.10. The number of rotatable bonds is 7. The standard InChI is InChI=1S/C23H27OSi2/c1-4-20-25(2,3)24-26(21-14-8-5-9-15-21,22-16-10-6-11-17-22)23-18-12-7-13-19-23/h5-19H,1,4,20H2,2-3H3. The van der Waals surface area contributed by atoms with Gasteiger partial charge in [0.2, 0.25) is 0 Å². The van der Waals surface area contributed by atoms with Crippen molar-refractivity contribution in [2.45, 2.75) is 25.6 Å². The van der Waals surface area contributed by atoms with Crippen molar-refractivity contribution in [2.24, 2.45) is 0 Å². The molecule has 0 N–H and O–H groups in total. The molecular formula is C23H27OSi2. The van der Waals surface area contributed by atoms with Crippen LogP contribution >= 0.6 is 0 Å². The molecule has 0 amide bonds. The number of benzene rings is 3. The van der Waals surface area contributed by atoms with Crippen LogP contribution < -0.4 is 15.6 Å². The molecule has 3 rings (SSSR count). The zero-order chi connectivity index (χ0) is 18.5. The average Bonchev–Trinajstić information content (AvgIpc) is 2.68. The van der Waals surface area contributed by atoms with Crippen LogP contribution in [0.3, 0.4) is 0 Å². The van der Waals surface area contributed by atoms with Crippen LogP contribution in [-0.4, -0.2) is 16.6 Å². The summed E-state index contributed by atoms with van der Waals surface area (Å²) < 4.78 is 7.26. The minimum atomic E-state index is -2.56. The smallest absolute Gasteiger partial charge is 0.278 e. The molecule has 0 aliphatic rings. The molecule has 0 heterocycles. The fraction of sp³-hybridized carbons (Fsp3) is 0.174. The van der Waals surface area contributed by atoms with Crippen molar-refractivity contribution in [3.8, 4) is 0 Å². The van der Waals surface area contributed by atoms with Gasteiger partial charge in [0.25, 0.3) is 8.32 Å². The fourth-order valence-electron chi connectivity index (χ4n) is 3.59. The first-order valence-electron chi connectivity index (χ1n) is 9.24. The average molecular weight is 376 g/mol. The molecule has 0 fully saturated rings. The normalized spacial score (nSPS) is 12.1. The lowest BCUT2D eigenvalue weighted by Gasteiger charge is -2.40. The lowest BCUT2D eigenvalue weighted by molar-refractivity contribution is 0.566. The van der Waals surface area contributed by atoms with E-state index in [1.165, 1.54) is 15.6 Å². The Labute approximate surface area is 159 Å². The fourth-order valence-corrected chi connectivity index (χ4v) is 12.6. The van der Waals surface area contributed by atoms with E-state index >= 15 is 0 Å². The highest BCUT2D eigenvalue weighted by atomic mass is 28.4. The van der Waals surface area contributed by atoms with Gasteiger partial charge in [-0.2, -0.15) is 0 Å². The third-order valence-corrected chi connectivity index (χ3v) is 13.2. The molecule has 26 heavy (non-hydrogen) atoms. The Morgan fingerprint density at radius 3 is 1.31 bits per heavy atom. The monoisotopic (exact) mass is 375 g/mol. The molecule has 0 unspecified atom stereocenters. The molecule has 1 radical (unpaired) electrons. The van der Waals surface area contributed by atoms with Crippen molar-refractivity contribution in [3.63, 3.8) is 0 Å². The molecule has 3 aromatic carbocycles. The predicted molar refractivity (Wildman–Crippen MR) is 117 cm³/mol. The summed E-state index contributed by atoms with van der Waals surface area (Å²) in [6.45, 7) is 8.75. The Morgan fingerprint density at radius 2 is 1.00 bits per heavy atom. The first-order chi connectivity index (χ1) is 12.6. The molecule has 0 spiro atoms. The molecular weight excluding hydrogens is 348 g/mol. The Hall–Kier alpha value is -1.95. The van der Waals surface area contributed by atoms with Crippen LogP contribution in [0.15, 0.2) is 91.0 Å². The first kappa shape index (κ1) is 18.8. The van der Waals surface area contributed by atoms with Gasteiger partial charge in [-0.05, 0) is 34.7 Å². The quantitative estimate of drug-likeness (QED) is 0.446. The third kappa shape index (κ3) is 3.90. The van der Waals surface area contributed by atoms with Gasteiger partial charge in [-0.15, -0.1) is 0 Å². The van der Waals surface area contributed by atoms with Crippen molar-refractivity contribution in [1.82, 2.24) is 0 Å². The highest BCUT2D eigenvalue weighted by Gasteiger charge is 2.45. The lowest BCUT2D eigenvalue weighted by atomic mass is 10.3. The number of hydrogen-bond acceptors (Lipinski definition) is 1. The van der Waals surface area contributed by atoms with Gasteiger partial charge in [-0.3, -0.25) is 0 Å². The van der Waals surface area contributed by atoms with Crippen LogP contribution in [0.25, 0.3) is 0 Å². The molecule has 0 bridgehead atoms. The maximum absolute atomic E-state index is 7.26. The molecule has 0 saturated heterocycles. The van der Waals surface area contributed by atoms with E-state index in [1.807, 2.05) is 0 Å². The largest absolute Gasteiger partial charge is 0.446 e. The highest BCUT2D eigenvalue weighted by molar-refractivity contribution is 7.10. The molecule has 0 saturated carbocycles. The zero-order valence-electron chi connectivity index (χ0n) is 15.7. The van der Waals surface area contributed by atoms with Crippen LogP contribution in [0.5, 0.6) is 0 Å². The van der Waals surface area contributed by atoms with E-state index in [1.54, 1.807) is 0 Å². The van der Waals surface area contributed by atoms with E-state index in [0.717, 1.165) is 12.5 Å². The SMILES string of the molecule is [CH2]CC[Si](C)(C)O[Si](c1ccccc1)(c1ccccc1)c1ccccc1. The van der Waals surface area contributed by atoms with Gasteiger partial charge >= 0.3 is 0 Å². The molecule has 0 aromatic heterocycles. The molecule has 0 atom stereocenters.